The topological polar surface area (TPSA) is 55.4 Å². The highest BCUT2D eigenvalue weighted by molar-refractivity contribution is 5.97. The van der Waals surface area contributed by atoms with Gasteiger partial charge in [-0.1, -0.05) is 6.07 Å². The van der Waals surface area contributed by atoms with E-state index in [9.17, 15) is 9.59 Å². The molecule has 5 atom stereocenters. The smallest absolute Gasteiger partial charge is 0.310 e. The van der Waals surface area contributed by atoms with Crippen LogP contribution < -0.4 is 5.32 Å². The van der Waals surface area contributed by atoms with Crippen LogP contribution in [0.25, 0.3) is 0 Å². The fourth-order valence-corrected chi connectivity index (χ4v) is 4.41. The van der Waals surface area contributed by atoms with E-state index < -0.39 is 0 Å². The molecule has 2 aliphatic carbocycles. The number of rotatable bonds is 2. The number of nitrogens with one attached hydrogen (secondary N) is 1. The molecule has 0 radical (unpaired) electrons. The predicted molar refractivity (Wildman–Crippen MR) is 77.6 cm³/mol. The van der Waals surface area contributed by atoms with Crippen molar-refractivity contribution in [3.63, 3.8) is 0 Å². The molecule has 2 bridgehead atoms. The van der Waals surface area contributed by atoms with Crippen LogP contribution >= 0.6 is 0 Å². The van der Waals surface area contributed by atoms with Gasteiger partial charge in [0.15, 0.2) is 0 Å². The standard InChI is InChI=1S/C17H19NO3/c1-8-3-4-11(5-9(8)2)18-16(19)14-10-6-12-13(7-10)21-17(20)15(12)14/h3-5,10,12-15H,6-7H2,1-2H3,(H,18,19)/t10-,12-,13-,14+,15+/m1/s1. The van der Waals surface area contributed by atoms with Crippen LogP contribution in [0.2, 0.25) is 0 Å². The molecule has 3 aliphatic rings. The van der Waals surface area contributed by atoms with Gasteiger partial charge in [-0.3, -0.25) is 9.59 Å². The Labute approximate surface area is 123 Å². The summed E-state index contributed by atoms with van der Waals surface area (Å²) in [5.41, 5.74) is 3.17. The van der Waals surface area contributed by atoms with Crippen LogP contribution in [-0.2, 0) is 14.3 Å². The highest BCUT2D eigenvalue weighted by Crippen LogP contribution is 2.57. The molecule has 0 unspecified atom stereocenters. The van der Waals surface area contributed by atoms with E-state index in [0.29, 0.717) is 5.92 Å². The summed E-state index contributed by atoms with van der Waals surface area (Å²) < 4.78 is 5.39. The fraction of sp³-hybridized carbons (Fsp3) is 0.529. The molecule has 0 spiro atoms. The quantitative estimate of drug-likeness (QED) is 0.849. The lowest BCUT2D eigenvalue weighted by Crippen LogP contribution is -2.35. The van der Waals surface area contributed by atoms with Gasteiger partial charge >= 0.3 is 5.97 Å². The highest BCUT2D eigenvalue weighted by atomic mass is 16.6. The summed E-state index contributed by atoms with van der Waals surface area (Å²) in [4.78, 5) is 24.6. The Kier molecular flexibility index (Phi) is 2.65. The van der Waals surface area contributed by atoms with Gasteiger partial charge in [0, 0.05) is 11.6 Å². The zero-order valence-electron chi connectivity index (χ0n) is 12.3. The number of hydrogen-bond donors (Lipinski definition) is 1. The maximum absolute atomic E-state index is 12.6. The lowest BCUT2D eigenvalue weighted by atomic mass is 9.79. The second-order valence-corrected chi connectivity index (χ2v) is 6.71. The number of aryl methyl sites for hydroxylation is 2. The molecule has 2 saturated carbocycles. The number of fused-ring (bicyclic) bond motifs is 1. The van der Waals surface area contributed by atoms with E-state index in [-0.39, 0.29) is 35.7 Å². The summed E-state index contributed by atoms with van der Waals surface area (Å²) >= 11 is 0. The van der Waals surface area contributed by atoms with Gasteiger partial charge in [-0.05, 0) is 55.9 Å². The minimum absolute atomic E-state index is 0.0203. The normalized spacial score (nSPS) is 35.9. The zero-order valence-corrected chi connectivity index (χ0v) is 12.3. The lowest BCUT2D eigenvalue weighted by molar-refractivity contribution is -0.145. The summed E-state index contributed by atoms with van der Waals surface area (Å²) in [6.45, 7) is 4.08. The van der Waals surface area contributed by atoms with Gasteiger partial charge in [-0.15, -0.1) is 0 Å². The van der Waals surface area contributed by atoms with Crippen LogP contribution in [0, 0.1) is 37.5 Å². The van der Waals surface area contributed by atoms with Crippen molar-refractivity contribution in [1.82, 2.24) is 0 Å². The van der Waals surface area contributed by atoms with Crippen molar-refractivity contribution >= 4 is 17.6 Å². The maximum Gasteiger partial charge on any atom is 0.310 e. The predicted octanol–water partition coefficient (Wildman–Crippen LogP) is 2.44. The summed E-state index contributed by atoms with van der Waals surface area (Å²) in [5.74, 6) is -0.0116. The molecule has 1 saturated heterocycles. The average molecular weight is 285 g/mol. The summed E-state index contributed by atoms with van der Waals surface area (Å²) in [6, 6.07) is 5.91. The first-order chi connectivity index (χ1) is 10.0. The number of amides is 1. The van der Waals surface area contributed by atoms with Crippen LogP contribution in [0.4, 0.5) is 5.69 Å². The zero-order chi connectivity index (χ0) is 14.7. The first-order valence-electron chi connectivity index (χ1n) is 7.63. The molecular weight excluding hydrogens is 266 g/mol. The van der Waals surface area contributed by atoms with Gasteiger partial charge in [-0.25, -0.2) is 0 Å². The number of hydrogen-bond acceptors (Lipinski definition) is 3. The van der Waals surface area contributed by atoms with Gasteiger partial charge < -0.3 is 10.1 Å². The van der Waals surface area contributed by atoms with Crippen molar-refractivity contribution in [2.45, 2.75) is 32.8 Å². The molecule has 21 heavy (non-hydrogen) atoms. The lowest BCUT2D eigenvalue weighted by Gasteiger charge is -2.23. The van der Waals surface area contributed by atoms with Gasteiger partial charge in [0.2, 0.25) is 5.91 Å². The summed E-state index contributed by atoms with van der Waals surface area (Å²) in [7, 11) is 0. The Morgan fingerprint density at radius 3 is 2.81 bits per heavy atom. The minimum atomic E-state index is -0.208. The third-order valence-corrected chi connectivity index (χ3v) is 5.56. The molecule has 1 aromatic rings. The first-order valence-corrected chi connectivity index (χ1v) is 7.63. The monoisotopic (exact) mass is 285 g/mol. The molecule has 0 aromatic heterocycles. The third kappa shape index (κ3) is 1.81. The number of anilines is 1. The Morgan fingerprint density at radius 2 is 2.05 bits per heavy atom. The average Bonchev–Trinajstić information content (AvgIpc) is 3.04. The molecule has 1 aliphatic heterocycles. The third-order valence-electron chi connectivity index (χ3n) is 5.56. The van der Waals surface area contributed by atoms with Crippen LogP contribution in [0.3, 0.4) is 0 Å². The summed E-state index contributed by atoms with van der Waals surface area (Å²) in [5, 5.41) is 2.99. The number of carbonyl (C=O) groups is 2. The van der Waals surface area contributed by atoms with E-state index in [2.05, 4.69) is 5.32 Å². The Balaban J connectivity index is 1.55. The molecular formula is C17H19NO3. The number of carbonyl (C=O) groups excluding carboxylic acids is 2. The van der Waals surface area contributed by atoms with Gasteiger partial charge in [-0.2, -0.15) is 0 Å². The minimum Gasteiger partial charge on any atom is -0.462 e. The van der Waals surface area contributed by atoms with E-state index >= 15 is 0 Å². The van der Waals surface area contributed by atoms with Crippen molar-refractivity contribution in [1.29, 1.82) is 0 Å². The van der Waals surface area contributed by atoms with Gasteiger partial charge in [0.1, 0.15) is 6.10 Å². The Morgan fingerprint density at radius 1 is 1.24 bits per heavy atom. The van der Waals surface area contributed by atoms with Crippen molar-refractivity contribution in [2.24, 2.45) is 23.7 Å². The van der Waals surface area contributed by atoms with E-state index in [0.717, 1.165) is 24.1 Å². The molecule has 1 amide bonds. The largest absolute Gasteiger partial charge is 0.462 e. The van der Waals surface area contributed by atoms with Gasteiger partial charge in [0.05, 0.1) is 11.8 Å². The molecule has 110 valence electrons. The highest BCUT2D eigenvalue weighted by Gasteiger charge is 2.63. The maximum atomic E-state index is 12.6. The summed E-state index contributed by atoms with van der Waals surface area (Å²) in [6.07, 6.45) is 1.91. The number of benzene rings is 1. The Bertz CT molecular complexity index is 637. The van der Waals surface area contributed by atoms with Crippen molar-refractivity contribution in [2.75, 3.05) is 5.32 Å². The number of ether oxygens (including phenoxy) is 1. The molecule has 4 heteroatoms. The Hall–Kier alpha value is -1.84. The molecule has 4 nitrogen and oxygen atoms in total. The van der Waals surface area contributed by atoms with E-state index in [4.69, 9.17) is 4.74 Å². The van der Waals surface area contributed by atoms with Crippen molar-refractivity contribution in [3.8, 4) is 0 Å². The SMILES string of the molecule is Cc1ccc(NC(=O)[C@H]2[C@@H]3C[C@H]4[C@@H]2C(=O)O[C@@H]4C3)cc1C. The molecule has 4 rings (SSSR count). The van der Waals surface area contributed by atoms with Crippen LogP contribution in [0.1, 0.15) is 24.0 Å². The molecule has 1 N–H and O–H groups in total. The van der Waals surface area contributed by atoms with E-state index in [1.165, 1.54) is 5.56 Å². The van der Waals surface area contributed by atoms with E-state index in [1.54, 1.807) is 0 Å². The van der Waals surface area contributed by atoms with Crippen molar-refractivity contribution < 1.29 is 14.3 Å². The van der Waals surface area contributed by atoms with Crippen LogP contribution in [0.15, 0.2) is 18.2 Å². The molecule has 1 heterocycles. The fourth-order valence-electron chi connectivity index (χ4n) is 4.41. The molecule has 3 fully saturated rings. The molecule has 1 aromatic carbocycles. The van der Waals surface area contributed by atoms with Crippen LogP contribution in [0.5, 0.6) is 0 Å². The number of esters is 1. The van der Waals surface area contributed by atoms with E-state index in [1.807, 2.05) is 32.0 Å². The van der Waals surface area contributed by atoms with Gasteiger partial charge in [0.25, 0.3) is 0 Å². The second-order valence-electron chi connectivity index (χ2n) is 6.71. The van der Waals surface area contributed by atoms with Crippen molar-refractivity contribution in [3.05, 3.63) is 29.3 Å². The second kappa shape index (κ2) is 4.33. The first kappa shape index (κ1) is 12.9. The van der Waals surface area contributed by atoms with Crippen LogP contribution in [-0.4, -0.2) is 18.0 Å².